The Hall–Kier alpha value is -3.02. The fourth-order valence-corrected chi connectivity index (χ4v) is 4.48. The minimum atomic E-state index is -0.316. The Labute approximate surface area is 190 Å². The lowest BCUT2D eigenvalue weighted by Crippen LogP contribution is -2.18. The summed E-state index contributed by atoms with van der Waals surface area (Å²) < 4.78 is 20.7. The highest BCUT2D eigenvalue weighted by Gasteiger charge is 2.21. The Morgan fingerprint density at radius 2 is 1.81 bits per heavy atom. The number of aromatic nitrogens is 2. The molecule has 3 aromatic carbocycles. The maximum atomic E-state index is 13.5. The van der Waals surface area contributed by atoms with Crippen molar-refractivity contribution in [3.05, 3.63) is 83.1 Å². The van der Waals surface area contributed by atoms with E-state index in [0.29, 0.717) is 28.6 Å². The van der Waals surface area contributed by atoms with Gasteiger partial charge in [0.25, 0.3) is 0 Å². The average Bonchev–Trinajstić information content (AvgIpc) is 3.19. The van der Waals surface area contributed by atoms with Crippen molar-refractivity contribution in [3.8, 4) is 16.9 Å². The number of benzene rings is 3. The molecule has 1 aromatic heterocycles. The molecule has 0 unspecified atom stereocenters. The van der Waals surface area contributed by atoms with Gasteiger partial charge in [-0.15, -0.1) is 0 Å². The molecule has 4 nitrogen and oxygen atoms in total. The van der Waals surface area contributed by atoms with Crippen LogP contribution in [0.25, 0.3) is 27.8 Å². The van der Waals surface area contributed by atoms with Gasteiger partial charge in [0.05, 0.1) is 16.2 Å². The zero-order valence-corrected chi connectivity index (χ0v) is 18.2. The Balaban J connectivity index is 1.61. The van der Waals surface area contributed by atoms with Crippen molar-refractivity contribution in [2.45, 2.75) is 19.3 Å². The molecule has 6 heteroatoms. The third-order valence-electron chi connectivity index (χ3n) is 6.02. The Kier molecular flexibility index (Phi) is 5.77. The van der Waals surface area contributed by atoms with Crippen LogP contribution in [0, 0.1) is 11.7 Å². The first kappa shape index (κ1) is 20.9. The lowest BCUT2D eigenvalue weighted by molar-refractivity contribution is 0.0601. The van der Waals surface area contributed by atoms with E-state index in [4.69, 9.17) is 21.4 Å². The number of halogens is 2. The average molecular weight is 449 g/mol. The third kappa shape index (κ3) is 4.06. The molecule has 0 saturated carbocycles. The topological polar surface area (TPSA) is 44.1 Å². The molecule has 4 aromatic rings. The van der Waals surface area contributed by atoms with Gasteiger partial charge in [0.15, 0.2) is 5.78 Å². The highest BCUT2D eigenvalue weighted by atomic mass is 35.5. The summed E-state index contributed by atoms with van der Waals surface area (Å²) in [6.45, 7) is 1.44. The fourth-order valence-electron chi connectivity index (χ4n) is 4.25. The fraction of sp³-hybridized carbons (Fsp3) is 0.231. The summed E-state index contributed by atoms with van der Waals surface area (Å²) in [5.74, 6) is 0.154. The van der Waals surface area contributed by atoms with Gasteiger partial charge in [-0.1, -0.05) is 35.9 Å². The summed E-state index contributed by atoms with van der Waals surface area (Å²) in [5.41, 5.74) is 3.67. The molecule has 0 N–H and O–H groups in total. The van der Waals surface area contributed by atoms with Gasteiger partial charge in [-0.3, -0.25) is 4.79 Å². The van der Waals surface area contributed by atoms with E-state index < -0.39 is 0 Å². The van der Waals surface area contributed by atoms with Crippen LogP contribution in [0.5, 0.6) is 0 Å². The molecule has 0 radical (unpaired) electrons. The van der Waals surface area contributed by atoms with Crippen molar-refractivity contribution in [2.24, 2.45) is 5.92 Å². The van der Waals surface area contributed by atoms with Crippen molar-refractivity contribution in [2.75, 3.05) is 13.2 Å². The zero-order valence-electron chi connectivity index (χ0n) is 17.4. The summed E-state index contributed by atoms with van der Waals surface area (Å²) >= 11 is 6.46. The molecule has 1 aliphatic rings. The number of ether oxygens (including phenoxy) is 1. The largest absolute Gasteiger partial charge is 0.381 e. The Morgan fingerprint density at radius 1 is 1.06 bits per heavy atom. The van der Waals surface area contributed by atoms with Gasteiger partial charge in [-0.25, -0.2) is 9.07 Å². The van der Waals surface area contributed by atoms with Gasteiger partial charge in [0, 0.05) is 36.1 Å². The van der Waals surface area contributed by atoms with E-state index in [2.05, 4.69) is 0 Å². The monoisotopic (exact) mass is 448 g/mol. The molecule has 0 amide bonds. The van der Waals surface area contributed by atoms with Crippen molar-refractivity contribution < 1.29 is 13.9 Å². The van der Waals surface area contributed by atoms with E-state index in [1.165, 1.54) is 12.1 Å². The van der Waals surface area contributed by atoms with Crippen molar-refractivity contribution in [1.82, 2.24) is 9.78 Å². The van der Waals surface area contributed by atoms with E-state index in [9.17, 15) is 9.18 Å². The van der Waals surface area contributed by atoms with Gasteiger partial charge in [-0.05, 0) is 61.2 Å². The molecule has 0 bridgehead atoms. The molecule has 1 saturated heterocycles. The highest BCUT2D eigenvalue weighted by Crippen LogP contribution is 2.35. The molecular weight excluding hydrogens is 427 g/mol. The SMILES string of the molecule is O=C(CC1CCOCC1)c1ccc2c(-c3ccccc3Cl)nn(-c3ccc(F)cc3)c2c1. The van der Waals surface area contributed by atoms with Crippen LogP contribution in [0.3, 0.4) is 0 Å². The van der Waals surface area contributed by atoms with E-state index in [0.717, 1.165) is 48.2 Å². The van der Waals surface area contributed by atoms with Crippen LogP contribution in [0.15, 0.2) is 66.7 Å². The predicted molar refractivity (Wildman–Crippen MR) is 124 cm³/mol. The van der Waals surface area contributed by atoms with Gasteiger partial charge in [-0.2, -0.15) is 5.10 Å². The van der Waals surface area contributed by atoms with Crippen LogP contribution in [0.2, 0.25) is 5.02 Å². The first-order valence-corrected chi connectivity index (χ1v) is 11.1. The van der Waals surface area contributed by atoms with Crippen LogP contribution >= 0.6 is 11.6 Å². The van der Waals surface area contributed by atoms with Crippen molar-refractivity contribution in [3.63, 3.8) is 0 Å². The maximum absolute atomic E-state index is 13.5. The number of carbonyl (C=O) groups is 1. The molecule has 0 spiro atoms. The van der Waals surface area contributed by atoms with E-state index in [1.54, 1.807) is 16.8 Å². The predicted octanol–water partition coefficient (Wildman–Crippen LogP) is 6.48. The Morgan fingerprint density at radius 3 is 2.56 bits per heavy atom. The number of nitrogens with zero attached hydrogens (tertiary/aromatic N) is 2. The second-order valence-corrected chi connectivity index (χ2v) is 8.54. The lowest BCUT2D eigenvalue weighted by Gasteiger charge is -2.21. The first-order valence-electron chi connectivity index (χ1n) is 10.7. The molecule has 1 aliphatic heterocycles. The number of carbonyl (C=O) groups excluding carboxylic acids is 1. The van der Waals surface area contributed by atoms with Crippen LogP contribution < -0.4 is 0 Å². The van der Waals surface area contributed by atoms with E-state index in [1.807, 2.05) is 42.5 Å². The number of hydrogen-bond acceptors (Lipinski definition) is 3. The number of rotatable bonds is 5. The summed E-state index contributed by atoms with van der Waals surface area (Å²) in [4.78, 5) is 13.0. The molecule has 1 fully saturated rings. The Bertz CT molecular complexity index is 1280. The normalized spacial score (nSPS) is 14.7. The summed E-state index contributed by atoms with van der Waals surface area (Å²) in [7, 11) is 0. The van der Waals surface area contributed by atoms with Gasteiger partial charge in [0.1, 0.15) is 11.5 Å². The van der Waals surface area contributed by atoms with Gasteiger partial charge in [0.2, 0.25) is 0 Å². The van der Waals surface area contributed by atoms with E-state index in [-0.39, 0.29) is 11.6 Å². The molecule has 0 aliphatic carbocycles. The lowest BCUT2D eigenvalue weighted by atomic mass is 9.91. The number of ketones is 1. The standard InChI is InChI=1S/C26H22ClFN2O2/c27-23-4-2-1-3-21(23)26-22-10-5-18(25(31)15-17-11-13-32-14-12-17)16-24(22)30(29-26)20-8-6-19(28)7-9-20/h1-10,16-17H,11-15H2. The quantitative estimate of drug-likeness (QED) is 0.328. The third-order valence-corrected chi connectivity index (χ3v) is 6.35. The summed E-state index contributed by atoms with van der Waals surface area (Å²) in [5, 5.41) is 6.29. The highest BCUT2D eigenvalue weighted by molar-refractivity contribution is 6.33. The summed E-state index contributed by atoms with van der Waals surface area (Å²) in [6, 6.07) is 19.4. The molecule has 32 heavy (non-hydrogen) atoms. The first-order chi connectivity index (χ1) is 15.6. The zero-order chi connectivity index (χ0) is 22.1. The minimum absolute atomic E-state index is 0.116. The van der Waals surface area contributed by atoms with Gasteiger partial charge < -0.3 is 4.74 Å². The van der Waals surface area contributed by atoms with Crippen LogP contribution in [-0.2, 0) is 4.74 Å². The van der Waals surface area contributed by atoms with Crippen LogP contribution in [0.1, 0.15) is 29.6 Å². The molecular formula is C26H22ClFN2O2. The second kappa shape index (κ2) is 8.85. The smallest absolute Gasteiger partial charge is 0.163 e. The van der Waals surface area contributed by atoms with Crippen molar-refractivity contribution in [1.29, 1.82) is 0 Å². The summed E-state index contributed by atoms with van der Waals surface area (Å²) in [6.07, 6.45) is 2.34. The maximum Gasteiger partial charge on any atom is 0.163 e. The minimum Gasteiger partial charge on any atom is -0.381 e. The second-order valence-electron chi connectivity index (χ2n) is 8.13. The molecule has 162 valence electrons. The number of fused-ring (bicyclic) bond motifs is 1. The van der Waals surface area contributed by atoms with Gasteiger partial charge >= 0.3 is 0 Å². The molecule has 2 heterocycles. The van der Waals surface area contributed by atoms with Crippen LogP contribution in [-0.4, -0.2) is 28.8 Å². The number of Topliss-reactive ketones (excluding diaryl/α,β-unsaturated/α-hetero) is 1. The van der Waals surface area contributed by atoms with E-state index >= 15 is 0 Å². The number of hydrogen-bond donors (Lipinski definition) is 0. The molecule has 5 rings (SSSR count). The van der Waals surface area contributed by atoms with Crippen molar-refractivity contribution >= 4 is 28.3 Å². The molecule has 0 atom stereocenters. The van der Waals surface area contributed by atoms with Crippen LogP contribution in [0.4, 0.5) is 4.39 Å².